The summed E-state index contributed by atoms with van der Waals surface area (Å²) in [6.07, 6.45) is 3.10. The van der Waals surface area contributed by atoms with Crippen molar-refractivity contribution in [1.82, 2.24) is 0 Å². The van der Waals surface area contributed by atoms with Gasteiger partial charge in [0, 0.05) is 23.3 Å². The van der Waals surface area contributed by atoms with Crippen molar-refractivity contribution < 1.29 is 9.90 Å². The number of anilines is 1. The first-order valence-corrected chi connectivity index (χ1v) is 8.31. The highest BCUT2D eigenvalue weighted by Crippen LogP contribution is 2.28. The van der Waals surface area contributed by atoms with Gasteiger partial charge in [-0.3, -0.25) is 4.79 Å². The van der Waals surface area contributed by atoms with Gasteiger partial charge in [-0.15, -0.1) is 0 Å². The van der Waals surface area contributed by atoms with Crippen LogP contribution in [0.5, 0.6) is 0 Å². The average Bonchev–Trinajstić information content (AvgIpc) is 2.98. The normalized spacial score (nSPS) is 17.4. The van der Waals surface area contributed by atoms with Gasteiger partial charge in [0.05, 0.1) is 6.42 Å². The van der Waals surface area contributed by atoms with Crippen LogP contribution in [0.2, 0.25) is 5.02 Å². The Balaban J connectivity index is 1.69. The van der Waals surface area contributed by atoms with Crippen molar-refractivity contribution in [2.24, 2.45) is 0 Å². The van der Waals surface area contributed by atoms with Crippen molar-refractivity contribution in [3.8, 4) is 0 Å². The fourth-order valence-corrected chi connectivity index (χ4v) is 3.36. The molecule has 2 aromatic rings. The van der Waals surface area contributed by atoms with E-state index in [4.69, 9.17) is 16.7 Å². The molecule has 0 spiro atoms. The molecular formula is C19H20ClNO2. The summed E-state index contributed by atoms with van der Waals surface area (Å²) in [5, 5.41) is 9.78. The zero-order chi connectivity index (χ0) is 16.2. The number of aliphatic carboxylic acids is 1. The van der Waals surface area contributed by atoms with Crippen molar-refractivity contribution >= 4 is 23.3 Å². The van der Waals surface area contributed by atoms with Crippen molar-refractivity contribution in [3.05, 3.63) is 64.7 Å². The minimum Gasteiger partial charge on any atom is -0.481 e. The molecule has 0 aromatic heterocycles. The third kappa shape index (κ3) is 4.05. The lowest BCUT2D eigenvalue weighted by molar-refractivity contribution is -0.137. The van der Waals surface area contributed by atoms with Gasteiger partial charge in [0.25, 0.3) is 0 Å². The van der Waals surface area contributed by atoms with Crippen LogP contribution in [0.25, 0.3) is 0 Å². The molecule has 2 aromatic carbocycles. The maximum absolute atomic E-state index is 11.0. The summed E-state index contributed by atoms with van der Waals surface area (Å²) in [7, 11) is 0. The Bertz CT molecular complexity index is 667. The number of halogens is 1. The summed E-state index contributed by atoms with van der Waals surface area (Å²) in [5.74, 6) is -0.721. The molecule has 120 valence electrons. The number of carbonyl (C=O) groups is 1. The monoisotopic (exact) mass is 329 g/mol. The Kier molecular flexibility index (Phi) is 4.87. The highest BCUT2D eigenvalue weighted by Gasteiger charge is 2.26. The van der Waals surface area contributed by atoms with Crippen LogP contribution in [0.1, 0.15) is 30.4 Å². The second-order valence-corrected chi connectivity index (χ2v) is 6.49. The molecule has 3 rings (SSSR count). The zero-order valence-corrected chi connectivity index (χ0v) is 13.7. The number of nitrogens with zero attached hydrogens (tertiary/aromatic N) is 1. The SMILES string of the molecule is O=C(O)C[C@@H]1CCCN1c1ccc(Cc2ccc(Cl)cc2)cc1. The molecular weight excluding hydrogens is 310 g/mol. The van der Waals surface area contributed by atoms with E-state index < -0.39 is 5.97 Å². The molecule has 1 aliphatic rings. The molecule has 1 saturated heterocycles. The summed E-state index contributed by atoms with van der Waals surface area (Å²) in [6.45, 7) is 0.939. The molecule has 3 nitrogen and oxygen atoms in total. The molecule has 0 unspecified atom stereocenters. The lowest BCUT2D eigenvalue weighted by atomic mass is 10.0. The van der Waals surface area contributed by atoms with Crippen LogP contribution >= 0.6 is 11.6 Å². The minimum atomic E-state index is -0.721. The third-order valence-corrected chi connectivity index (χ3v) is 4.63. The molecule has 23 heavy (non-hydrogen) atoms. The highest BCUT2D eigenvalue weighted by molar-refractivity contribution is 6.30. The van der Waals surface area contributed by atoms with Crippen LogP contribution < -0.4 is 4.90 Å². The van der Waals surface area contributed by atoms with Crippen LogP contribution in [-0.4, -0.2) is 23.7 Å². The van der Waals surface area contributed by atoms with E-state index in [-0.39, 0.29) is 12.5 Å². The number of benzene rings is 2. The smallest absolute Gasteiger partial charge is 0.305 e. The molecule has 4 heteroatoms. The van der Waals surface area contributed by atoms with Crippen LogP contribution in [0.15, 0.2) is 48.5 Å². The van der Waals surface area contributed by atoms with Gasteiger partial charge in [0.1, 0.15) is 0 Å². The lowest BCUT2D eigenvalue weighted by Gasteiger charge is -2.26. The van der Waals surface area contributed by atoms with E-state index in [2.05, 4.69) is 29.2 Å². The molecule has 1 fully saturated rings. The molecule has 1 atom stereocenters. The lowest BCUT2D eigenvalue weighted by Crippen LogP contribution is -2.31. The van der Waals surface area contributed by atoms with Crippen molar-refractivity contribution in [2.45, 2.75) is 31.7 Å². The van der Waals surface area contributed by atoms with E-state index in [0.717, 1.165) is 36.5 Å². The molecule has 0 amide bonds. The van der Waals surface area contributed by atoms with E-state index in [1.54, 1.807) is 0 Å². The summed E-state index contributed by atoms with van der Waals surface area (Å²) in [5.41, 5.74) is 3.59. The fourth-order valence-electron chi connectivity index (χ4n) is 3.23. The third-order valence-electron chi connectivity index (χ3n) is 4.38. The van der Waals surface area contributed by atoms with E-state index in [1.165, 1.54) is 11.1 Å². The molecule has 0 radical (unpaired) electrons. The summed E-state index contributed by atoms with van der Waals surface area (Å²) >= 11 is 5.91. The minimum absolute atomic E-state index is 0.120. The van der Waals surface area contributed by atoms with Gasteiger partial charge in [-0.2, -0.15) is 0 Å². The largest absolute Gasteiger partial charge is 0.481 e. The summed E-state index contributed by atoms with van der Waals surface area (Å²) < 4.78 is 0. The highest BCUT2D eigenvalue weighted by atomic mass is 35.5. The number of carboxylic acid groups (broad SMARTS) is 1. The van der Waals surface area contributed by atoms with Crippen molar-refractivity contribution in [3.63, 3.8) is 0 Å². The molecule has 1 heterocycles. The van der Waals surface area contributed by atoms with Gasteiger partial charge >= 0.3 is 5.97 Å². The number of hydrogen-bond donors (Lipinski definition) is 1. The molecule has 0 bridgehead atoms. The summed E-state index contributed by atoms with van der Waals surface area (Å²) in [4.78, 5) is 13.2. The Hall–Kier alpha value is -2.00. The van der Waals surface area contributed by atoms with Crippen molar-refractivity contribution in [1.29, 1.82) is 0 Å². The zero-order valence-electron chi connectivity index (χ0n) is 12.9. The summed E-state index contributed by atoms with van der Waals surface area (Å²) in [6, 6.07) is 16.5. The van der Waals surface area contributed by atoms with Gasteiger partial charge in [0.2, 0.25) is 0 Å². The van der Waals surface area contributed by atoms with Crippen molar-refractivity contribution in [2.75, 3.05) is 11.4 Å². The van der Waals surface area contributed by atoms with E-state index >= 15 is 0 Å². The van der Waals surface area contributed by atoms with E-state index in [1.807, 2.05) is 24.3 Å². The van der Waals surface area contributed by atoms with Gasteiger partial charge in [0.15, 0.2) is 0 Å². The molecule has 0 aliphatic carbocycles. The van der Waals surface area contributed by atoms with Gasteiger partial charge in [-0.25, -0.2) is 0 Å². The van der Waals surface area contributed by atoms with Gasteiger partial charge < -0.3 is 10.0 Å². The van der Waals surface area contributed by atoms with Crippen LogP contribution in [0, 0.1) is 0 Å². The first kappa shape index (κ1) is 15.9. The molecule has 0 saturated carbocycles. The van der Waals surface area contributed by atoms with E-state index in [9.17, 15) is 4.79 Å². The van der Waals surface area contributed by atoms with Crippen LogP contribution in [0.3, 0.4) is 0 Å². The topological polar surface area (TPSA) is 40.5 Å². The number of rotatable bonds is 5. The maximum Gasteiger partial charge on any atom is 0.305 e. The Morgan fingerprint density at radius 1 is 1.09 bits per heavy atom. The Morgan fingerprint density at radius 3 is 2.30 bits per heavy atom. The van der Waals surface area contributed by atoms with Crippen LogP contribution in [0.4, 0.5) is 5.69 Å². The second-order valence-electron chi connectivity index (χ2n) is 6.06. The first-order chi connectivity index (χ1) is 11.1. The number of carboxylic acids is 1. The Morgan fingerprint density at radius 2 is 1.70 bits per heavy atom. The maximum atomic E-state index is 11.0. The Labute approximate surface area is 141 Å². The second kappa shape index (κ2) is 7.05. The first-order valence-electron chi connectivity index (χ1n) is 7.93. The fraction of sp³-hybridized carbons (Fsp3) is 0.316. The molecule has 1 N–H and O–H groups in total. The number of hydrogen-bond acceptors (Lipinski definition) is 2. The average molecular weight is 330 g/mol. The van der Waals surface area contributed by atoms with Gasteiger partial charge in [-0.05, 0) is 54.7 Å². The predicted molar refractivity (Wildman–Crippen MR) is 93.3 cm³/mol. The van der Waals surface area contributed by atoms with Gasteiger partial charge in [-0.1, -0.05) is 35.9 Å². The quantitative estimate of drug-likeness (QED) is 0.885. The van der Waals surface area contributed by atoms with E-state index in [0.29, 0.717) is 0 Å². The van der Waals surface area contributed by atoms with Crippen LogP contribution in [-0.2, 0) is 11.2 Å². The molecule has 1 aliphatic heterocycles. The standard InChI is InChI=1S/C19H20ClNO2/c20-16-7-3-14(4-8-16)12-15-5-9-17(10-6-15)21-11-1-2-18(21)13-19(22)23/h3-10,18H,1-2,11-13H2,(H,22,23)/t18-/m0/s1. The predicted octanol–water partition coefficient (Wildman–Crippen LogP) is 4.37.